The Morgan fingerprint density at radius 1 is 0.943 bits per heavy atom. The molecule has 0 unspecified atom stereocenters. The summed E-state index contributed by atoms with van der Waals surface area (Å²) >= 11 is 0. The van der Waals surface area contributed by atoms with Gasteiger partial charge in [-0.3, -0.25) is 4.79 Å². The lowest BCUT2D eigenvalue weighted by molar-refractivity contribution is -0.116. The molecule has 35 heavy (non-hydrogen) atoms. The third-order valence-electron chi connectivity index (χ3n) is 6.52. The number of hydrogen-bond acceptors (Lipinski definition) is 6. The van der Waals surface area contributed by atoms with Crippen LogP contribution in [0.15, 0.2) is 53.4 Å². The zero-order valence-electron chi connectivity index (χ0n) is 19.8. The molecule has 186 valence electrons. The molecular weight excluding hydrogens is 468 g/mol. The van der Waals surface area contributed by atoms with Crippen LogP contribution in [0, 0.1) is 6.92 Å². The van der Waals surface area contributed by atoms with Gasteiger partial charge < -0.3 is 24.3 Å². The van der Waals surface area contributed by atoms with Crippen LogP contribution >= 0.6 is 0 Å². The van der Waals surface area contributed by atoms with Crippen LogP contribution in [0.2, 0.25) is 0 Å². The molecular formula is C25H30N4O5S. The van der Waals surface area contributed by atoms with Gasteiger partial charge in [0.05, 0.1) is 42.7 Å². The van der Waals surface area contributed by atoms with Crippen LogP contribution in [0.5, 0.6) is 0 Å². The van der Waals surface area contributed by atoms with E-state index in [-0.39, 0.29) is 17.3 Å². The van der Waals surface area contributed by atoms with E-state index in [1.54, 1.807) is 18.2 Å². The number of aryl methyl sites for hydroxylation is 1. The molecule has 0 atom stereocenters. The highest BCUT2D eigenvalue weighted by molar-refractivity contribution is 7.89. The molecule has 0 saturated carbocycles. The average Bonchev–Trinajstić information content (AvgIpc) is 3.19. The van der Waals surface area contributed by atoms with Crippen molar-refractivity contribution in [2.24, 2.45) is 0 Å². The third kappa shape index (κ3) is 4.92. The van der Waals surface area contributed by atoms with E-state index in [0.717, 1.165) is 22.3 Å². The molecule has 2 fully saturated rings. The molecule has 2 aliphatic heterocycles. The van der Waals surface area contributed by atoms with Gasteiger partial charge in [0.15, 0.2) is 0 Å². The molecule has 9 nitrogen and oxygen atoms in total. The Morgan fingerprint density at radius 2 is 1.63 bits per heavy atom. The third-order valence-corrected chi connectivity index (χ3v) is 8.42. The van der Waals surface area contributed by atoms with Gasteiger partial charge in [-0.1, -0.05) is 18.2 Å². The number of nitrogens with one attached hydrogen (secondary N) is 1. The molecule has 0 aliphatic carbocycles. The summed E-state index contributed by atoms with van der Waals surface area (Å²) < 4.78 is 40.7. The molecule has 2 aliphatic rings. The summed E-state index contributed by atoms with van der Waals surface area (Å²) in [5, 5.41) is 4.08. The first-order valence-corrected chi connectivity index (χ1v) is 13.3. The molecule has 10 heteroatoms. The van der Waals surface area contributed by atoms with Crippen LogP contribution in [0.4, 0.5) is 11.4 Å². The lowest BCUT2D eigenvalue weighted by Crippen LogP contribution is -2.40. The SMILES string of the molecule is Cc1cc2ccccc2n1CC(=O)Nc1cc(S(=O)(=O)N2CCOCC2)ccc1N1CCOCC1. The highest BCUT2D eigenvalue weighted by Gasteiger charge is 2.28. The minimum absolute atomic E-state index is 0.127. The number of ether oxygens (including phenoxy) is 2. The van der Waals surface area contributed by atoms with Crippen LogP contribution in [-0.4, -0.2) is 75.8 Å². The van der Waals surface area contributed by atoms with Crippen molar-refractivity contribution >= 4 is 38.2 Å². The smallest absolute Gasteiger partial charge is 0.244 e. The van der Waals surface area contributed by atoms with Crippen molar-refractivity contribution in [1.82, 2.24) is 8.87 Å². The Morgan fingerprint density at radius 3 is 2.37 bits per heavy atom. The summed E-state index contributed by atoms with van der Waals surface area (Å²) in [4.78, 5) is 15.5. The van der Waals surface area contributed by atoms with Gasteiger partial charge in [-0.2, -0.15) is 4.31 Å². The number of hydrogen-bond donors (Lipinski definition) is 1. The van der Waals surface area contributed by atoms with Crippen molar-refractivity contribution in [2.45, 2.75) is 18.4 Å². The zero-order valence-corrected chi connectivity index (χ0v) is 20.6. The molecule has 2 aromatic carbocycles. The Kier molecular flexibility index (Phi) is 6.79. The first-order valence-electron chi connectivity index (χ1n) is 11.8. The highest BCUT2D eigenvalue weighted by Crippen LogP contribution is 2.31. The number of anilines is 2. The topological polar surface area (TPSA) is 93.1 Å². The average molecular weight is 499 g/mol. The van der Waals surface area contributed by atoms with Crippen molar-refractivity contribution in [1.29, 1.82) is 0 Å². The minimum Gasteiger partial charge on any atom is -0.379 e. The Hall–Kier alpha value is -2.92. The number of carbonyl (C=O) groups excluding carboxylic acids is 1. The molecule has 1 amide bonds. The zero-order chi connectivity index (χ0) is 24.4. The normalized spacial score (nSPS) is 17.6. The van der Waals surface area contributed by atoms with Crippen LogP contribution in [0.25, 0.3) is 10.9 Å². The van der Waals surface area contributed by atoms with Crippen molar-refractivity contribution in [2.75, 3.05) is 62.8 Å². The van der Waals surface area contributed by atoms with Gasteiger partial charge in [-0.05, 0) is 42.6 Å². The van der Waals surface area contributed by atoms with Crippen molar-refractivity contribution < 1.29 is 22.7 Å². The van der Waals surface area contributed by atoms with E-state index < -0.39 is 10.0 Å². The van der Waals surface area contributed by atoms with E-state index in [2.05, 4.69) is 16.3 Å². The molecule has 1 aromatic heterocycles. The Bertz CT molecular complexity index is 1320. The number of benzene rings is 2. The van der Waals surface area contributed by atoms with E-state index in [1.807, 2.05) is 35.8 Å². The van der Waals surface area contributed by atoms with Crippen LogP contribution in [-0.2, 0) is 30.8 Å². The van der Waals surface area contributed by atoms with Crippen LogP contribution < -0.4 is 10.2 Å². The molecule has 0 bridgehead atoms. The maximum atomic E-state index is 13.3. The number of rotatable bonds is 6. The van der Waals surface area contributed by atoms with Gasteiger partial charge in [-0.15, -0.1) is 0 Å². The number of aromatic nitrogens is 1. The predicted octanol–water partition coefficient (Wildman–Crippen LogP) is 2.45. The van der Waals surface area contributed by atoms with E-state index in [1.165, 1.54) is 4.31 Å². The van der Waals surface area contributed by atoms with Gasteiger partial charge in [0.2, 0.25) is 15.9 Å². The fourth-order valence-electron chi connectivity index (χ4n) is 4.68. The maximum Gasteiger partial charge on any atom is 0.244 e. The number of sulfonamides is 1. The van der Waals surface area contributed by atoms with E-state index in [4.69, 9.17) is 9.47 Å². The van der Waals surface area contributed by atoms with Crippen LogP contribution in [0.1, 0.15) is 5.69 Å². The number of carbonyl (C=O) groups is 1. The second-order valence-electron chi connectivity index (χ2n) is 8.77. The first-order chi connectivity index (χ1) is 16.9. The van der Waals surface area contributed by atoms with Crippen LogP contribution in [0.3, 0.4) is 0 Å². The monoisotopic (exact) mass is 498 g/mol. The largest absolute Gasteiger partial charge is 0.379 e. The molecule has 0 spiro atoms. The molecule has 5 rings (SSSR count). The van der Waals surface area contributed by atoms with E-state index in [0.29, 0.717) is 58.3 Å². The van der Waals surface area contributed by atoms with Crippen molar-refractivity contribution in [3.63, 3.8) is 0 Å². The quantitative estimate of drug-likeness (QED) is 0.561. The van der Waals surface area contributed by atoms with Gasteiger partial charge >= 0.3 is 0 Å². The van der Waals surface area contributed by atoms with Crippen molar-refractivity contribution in [3.05, 3.63) is 54.2 Å². The number of morpholine rings is 2. The fourth-order valence-corrected chi connectivity index (χ4v) is 6.12. The molecule has 1 N–H and O–H groups in total. The number of para-hydroxylation sites is 1. The summed E-state index contributed by atoms with van der Waals surface area (Å²) in [5.41, 5.74) is 3.24. The van der Waals surface area contributed by atoms with Gasteiger partial charge in [0.25, 0.3) is 0 Å². The fraction of sp³-hybridized carbons (Fsp3) is 0.400. The summed E-state index contributed by atoms with van der Waals surface area (Å²) in [5.74, 6) is -0.218. The van der Waals surface area contributed by atoms with Gasteiger partial charge in [0.1, 0.15) is 6.54 Å². The molecule has 3 aromatic rings. The molecule has 0 radical (unpaired) electrons. The van der Waals surface area contributed by atoms with Gasteiger partial charge in [-0.25, -0.2) is 8.42 Å². The van der Waals surface area contributed by atoms with Gasteiger partial charge in [0, 0.05) is 37.4 Å². The lowest BCUT2D eigenvalue weighted by Gasteiger charge is -2.31. The summed E-state index contributed by atoms with van der Waals surface area (Å²) in [6.45, 7) is 5.97. The number of fused-ring (bicyclic) bond motifs is 1. The summed E-state index contributed by atoms with van der Waals surface area (Å²) in [7, 11) is -3.70. The standard InChI is InChI=1S/C25H30N4O5S/c1-19-16-20-4-2-3-5-23(20)29(19)18-25(30)26-22-17-21(35(31,32)28-10-14-34-15-11-28)6-7-24(22)27-8-12-33-13-9-27/h2-7,16-17H,8-15,18H2,1H3,(H,26,30). The second-order valence-corrected chi connectivity index (χ2v) is 10.7. The predicted molar refractivity (Wildman–Crippen MR) is 134 cm³/mol. The lowest BCUT2D eigenvalue weighted by atomic mass is 10.2. The second kappa shape index (κ2) is 9.98. The highest BCUT2D eigenvalue weighted by atomic mass is 32.2. The molecule has 3 heterocycles. The Balaban J connectivity index is 1.45. The number of nitrogens with zero attached hydrogens (tertiary/aromatic N) is 3. The summed E-state index contributed by atoms with van der Waals surface area (Å²) in [6, 6.07) is 15.0. The van der Waals surface area contributed by atoms with Crippen molar-refractivity contribution in [3.8, 4) is 0 Å². The first kappa shape index (κ1) is 23.8. The molecule has 2 saturated heterocycles. The minimum atomic E-state index is -3.70. The Labute approximate surface area is 205 Å². The van der Waals surface area contributed by atoms with E-state index >= 15 is 0 Å². The van der Waals surface area contributed by atoms with E-state index in [9.17, 15) is 13.2 Å². The number of amides is 1. The maximum absolute atomic E-state index is 13.3. The summed E-state index contributed by atoms with van der Waals surface area (Å²) in [6.07, 6.45) is 0.